The summed E-state index contributed by atoms with van der Waals surface area (Å²) < 4.78 is 17.8. The van der Waals surface area contributed by atoms with Gasteiger partial charge in [0.1, 0.15) is 0 Å². The van der Waals surface area contributed by atoms with E-state index >= 15 is 0 Å². The van der Waals surface area contributed by atoms with E-state index in [0.717, 1.165) is 24.3 Å². The summed E-state index contributed by atoms with van der Waals surface area (Å²) in [6.45, 7) is 3.38. The molecule has 0 amide bonds. The van der Waals surface area contributed by atoms with Crippen molar-refractivity contribution in [2.45, 2.75) is 18.1 Å². The molecule has 1 saturated heterocycles. The molecule has 1 fully saturated rings. The molecule has 0 atom stereocenters. The van der Waals surface area contributed by atoms with Crippen molar-refractivity contribution in [3.63, 3.8) is 0 Å². The van der Waals surface area contributed by atoms with Crippen LogP contribution in [0.5, 0.6) is 11.5 Å². The number of rotatable bonds is 8. The van der Waals surface area contributed by atoms with E-state index in [1.54, 1.807) is 18.8 Å². The number of hydrogen-bond acceptors (Lipinski definition) is 8. The van der Waals surface area contributed by atoms with E-state index in [9.17, 15) is 4.79 Å². The van der Waals surface area contributed by atoms with Crippen molar-refractivity contribution in [1.82, 2.24) is 9.55 Å². The van der Waals surface area contributed by atoms with E-state index in [4.69, 9.17) is 24.5 Å². The predicted octanol–water partition coefficient (Wildman–Crippen LogP) is 3.11. The minimum Gasteiger partial charge on any atom is -0.493 e. The van der Waals surface area contributed by atoms with E-state index in [-0.39, 0.29) is 11.3 Å². The molecule has 0 aliphatic carbocycles. The van der Waals surface area contributed by atoms with E-state index in [0.29, 0.717) is 53.7 Å². The van der Waals surface area contributed by atoms with Gasteiger partial charge in [-0.3, -0.25) is 9.36 Å². The van der Waals surface area contributed by atoms with Gasteiger partial charge in [-0.15, -0.1) is 0 Å². The first kappa shape index (κ1) is 23.0. The minimum absolute atomic E-state index is 0.101. The maximum absolute atomic E-state index is 13.5. The van der Waals surface area contributed by atoms with Gasteiger partial charge in [-0.25, -0.2) is 4.98 Å². The Morgan fingerprint density at radius 1 is 1.12 bits per heavy atom. The number of methoxy groups -OCH3 is 2. The van der Waals surface area contributed by atoms with Crippen molar-refractivity contribution in [1.29, 1.82) is 5.26 Å². The highest BCUT2D eigenvalue weighted by Crippen LogP contribution is 2.28. The smallest absolute Gasteiger partial charge is 0.262 e. The summed E-state index contributed by atoms with van der Waals surface area (Å²) in [5.41, 5.74) is 2.54. The number of ether oxygens (including phenoxy) is 3. The van der Waals surface area contributed by atoms with Gasteiger partial charge in [-0.05, 0) is 42.3 Å². The summed E-state index contributed by atoms with van der Waals surface area (Å²) in [7, 11) is 3.20. The van der Waals surface area contributed by atoms with Gasteiger partial charge >= 0.3 is 0 Å². The molecule has 0 radical (unpaired) electrons. The van der Waals surface area contributed by atoms with Crippen LogP contribution in [0.2, 0.25) is 0 Å². The Morgan fingerprint density at radius 3 is 2.64 bits per heavy atom. The molecule has 1 aromatic heterocycles. The zero-order chi connectivity index (χ0) is 23.2. The first-order valence-corrected chi connectivity index (χ1v) is 11.7. The van der Waals surface area contributed by atoms with Crippen LogP contribution in [0.25, 0.3) is 10.9 Å². The molecule has 1 aliphatic rings. The highest BCUT2D eigenvalue weighted by atomic mass is 32.2. The van der Waals surface area contributed by atoms with E-state index in [1.807, 2.05) is 36.4 Å². The number of nitriles is 1. The number of anilines is 1. The second-order valence-electron chi connectivity index (χ2n) is 7.54. The lowest BCUT2D eigenvalue weighted by Crippen LogP contribution is -2.36. The van der Waals surface area contributed by atoms with Crippen molar-refractivity contribution >= 4 is 28.4 Å². The second-order valence-corrected chi connectivity index (χ2v) is 8.48. The molecule has 0 N–H and O–H groups in total. The van der Waals surface area contributed by atoms with Crippen LogP contribution in [0.4, 0.5) is 5.69 Å². The van der Waals surface area contributed by atoms with Gasteiger partial charge in [-0.1, -0.05) is 17.8 Å². The predicted molar refractivity (Wildman–Crippen MR) is 129 cm³/mol. The van der Waals surface area contributed by atoms with Crippen molar-refractivity contribution in [3.8, 4) is 17.6 Å². The quantitative estimate of drug-likeness (QED) is 0.370. The van der Waals surface area contributed by atoms with Crippen molar-refractivity contribution in [2.75, 3.05) is 51.2 Å². The van der Waals surface area contributed by atoms with Crippen LogP contribution in [-0.2, 0) is 17.7 Å². The molecule has 0 bridgehead atoms. The van der Waals surface area contributed by atoms with E-state index < -0.39 is 0 Å². The van der Waals surface area contributed by atoms with Crippen LogP contribution in [0.15, 0.2) is 46.3 Å². The molecule has 33 heavy (non-hydrogen) atoms. The second kappa shape index (κ2) is 10.6. The number of benzene rings is 2. The first-order chi connectivity index (χ1) is 16.1. The SMILES string of the molecule is COc1ccc(CCn2c(SCC#N)nc3ccc(N4CCOCC4)cc3c2=O)cc1OC. The summed E-state index contributed by atoms with van der Waals surface area (Å²) in [6.07, 6.45) is 0.608. The molecule has 0 spiro atoms. The third kappa shape index (κ3) is 5.07. The Hall–Kier alpha value is -3.22. The zero-order valence-corrected chi connectivity index (χ0v) is 19.6. The van der Waals surface area contributed by atoms with Gasteiger partial charge in [0.25, 0.3) is 5.56 Å². The molecule has 1 aliphatic heterocycles. The number of aromatic nitrogens is 2. The lowest BCUT2D eigenvalue weighted by Gasteiger charge is -2.29. The minimum atomic E-state index is -0.101. The van der Waals surface area contributed by atoms with Crippen LogP contribution in [0, 0.1) is 11.3 Å². The van der Waals surface area contributed by atoms with Gasteiger partial charge in [-0.2, -0.15) is 5.26 Å². The number of aryl methyl sites for hydroxylation is 1. The highest BCUT2D eigenvalue weighted by Gasteiger charge is 2.16. The normalized spacial score (nSPS) is 13.7. The molecule has 0 unspecified atom stereocenters. The topological polar surface area (TPSA) is 89.6 Å². The van der Waals surface area contributed by atoms with E-state index in [1.165, 1.54) is 11.8 Å². The number of nitrogens with zero attached hydrogens (tertiary/aromatic N) is 4. The number of thioether (sulfide) groups is 1. The van der Waals surface area contributed by atoms with Crippen molar-refractivity contribution < 1.29 is 14.2 Å². The third-order valence-corrected chi connectivity index (χ3v) is 6.46. The molecular weight excluding hydrogens is 440 g/mol. The van der Waals surface area contributed by atoms with E-state index in [2.05, 4.69) is 11.0 Å². The lowest BCUT2D eigenvalue weighted by molar-refractivity contribution is 0.122. The van der Waals surface area contributed by atoms with Gasteiger partial charge < -0.3 is 19.1 Å². The van der Waals surface area contributed by atoms with Crippen molar-refractivity contribution in [3.05, 3.63) is 52.3 Å². The summed E-state index contributed by atoms with van der Waals surface area (Å²) in [6, 6.07) is 13.6. The number of fused-ring (bicyclic) bond motifs is 1. The molecule has 2 aromatic carbocycles. The molecular formula is C24H26N4O4S. The summed E-state index contributed by atoms with van der Waals surface area (Å²) in [5, 5.41) is 10.2. The number of morpholine rings is 1. The Morgan fingerprint density at radius 2 is 1.91 bits per heavy atom. The van der Waals surface area contributed by atoms with Gasteiger partial charge in [0.2, 0.25) is 0 Å². The Balaban J connectivity index is 1.69. The first-order valence-electron chi connectivity index (χ1n) is 10.7. The molecule has 8 nitrogen and oxygen atoms in total. The highest BCUT2D eigenvalue weighted by molar-refractivity contribution is 7.99. The molecule has 0 saturated carbocycles. The zero-order valence-electron chi connectivity index (χ0n) is 18.7. The van der Waals surface area contributed by atoms with Crippen LogP contribution in [-0.4, -0.2) is 55.8 Å². The fourth-order valence-corrected chi connectivity index (χ4v) is 4.57. The Labute approximate surface area is 196 Å². The van der Waals surface area contributed by atoms with Crippen LogP contribution in [0.1, 0.15) is 5.56 Å². The molecule has 2 heterocycles. The summed E-state index contributed by atoms with van der Waals surface area (Å²) in [4.78, 5) is 20.5. The lowest BCUT2D eigenvalue weighted by atomic mass is 10.1. The number of hydrogen-bond donors (Lipinski definition) is 0. The van der Waals surface area contributed by atoms with Crippen LogP contribution < -0.4 is 19.9 Å². The largest absolute Gasteiger partial charge is 0.493 e. The maximum atomic E-state index is 13.5. The molecule has 172 valence electrons. The fourth-order valence-electron chi connectivity index (χ4n) is 3.89. The monoisotopic (exact) mass is 466 g/mol. The summed E-state index contributed by atoms with van der Waals surface area (Å²) in [5.74, 6) is 1.53. The Bertz CT molecular complexity index is 1230. The molecule has 9 heteroatoms. The average molecular weight is 467 g/mol. The average Bonchev–Trinajstić information content (AvgIpc) is 2.87. The Kier molecular flexibility index (Phi) is 7.37. The van der Waals surface area contributed by atoms with Crippen LogP contribution in [0.3, 0.4) is 0 Å². The van der Waals surface area contributed by atoms with Gasteiger partial charge in [0.15, 0.2) is 16.7 Å². The fraction of sp³-hybridized carbons (Fsp3) is 0.375. The van der Waals surface area contributed by atoms with Crippen molar-refractivity contribution in [2.24, 2.45) is 0 Å². The summed E-state index contributed by atoms with van der Waals surface area (Å²) >= 11 is 1.28. The molecule has 3 aromatic rings. The molecule has 4 rings (SSSR count). The standard InChI is InChI=1S/C24H26N4O4S/c1-30-21-6-3-17(15-22(21)31-2)7-9-28-23(29)19-16-18(27-10-12-32-13-11-27)4-5-20(19)26-24(28)33-14-8-25/h3-6,15-16H,7,9-14H2,1-2H3. The van der Waals surface area contributed by atoms with Gasteiger partial charge in [0.05, 0.1) is 50.2 Å². The maximum Gasteiger partial charge on any atom is 0.262 e. The van der Waals surface area contributed by atoms with Gasteiger partial charge in [0, 0.05) is 25.3 Å². The third-order valence-electron chi connectivity index (χ3n) is 5.62. The van der Waals surface area contributed by atoms with Crippen LogP contribution >= 0.6 is 11.8 Å².